The predicted molar refractivity (Wildman–Crippen MR) is 130 cm³/mol. The van der Waals surface area contributed by atoms with Crippen molar-refractivity contribution in [2.75, 3.05) is 38.5 Å². The van der Waals surface area contributed by atoms with Crippen LogP contribution in [0.15, 0.2) is 60.7 Å². The fourth-order valence-corrected chi connectivity index (χ4v) is 3.96. The summed E-state index contributed by atoms with van der Waals surface area (Å²) in [4.78, 5) is 34.1. The topological polar surface area (TPSA) is 91.6 Å². The lowest BCUT2D eigenvalue weighted by atomic mass is 10.0. The number of pyridine rings is 1. The molecule has 3 aromatic rings. The first-order valence-corrected chi connectivity index (χ1v) is 11.2. The number of nitrogens with zero attached hydrogens (tertiary/aromatic N) is 3. The number of halogens is 1. The number of carbonyl (C=O) groups excluding carboxylic acids is 2. The van der Waals surface area contributed by atoms with Gasteiger partial charge >= 0.3 is 0 Å². The molecule has 1 saturated heterocycles. The van der Waals surface area contributed by atoms with E-state index in [9.17, 15) is 9.59 Å². The van der Waals surface area contributed by atoms with E-state index in [1.165, 1.54) is 0 Å². The van der Waals surface area contributed by atoms with Gasteiger partial charge in [0.05, 0.1) is 27.7 Å². The third kappa shape index (κ3) is 5.57. The van der Waals surface area contributed by atoms with Gasteiger partial charge in [-0.15, -0.1) is 0 Å². The lowest BCUT2D eigenvalue weighted by molar-refractivity contribution is 0.0997. The molecular weight excluding hydrogens is 438 g/mol. The van der Waals surface area contributed by atoms with Crippen LogP contribution in [0.5, 0.6) is 0 Å². The van der Waals surface area contributed by atoms with Gasteiger partial charge in [-0.25, -0.2) is 0 Å². The fourth-order valence-electron chi connectivity index (χ4n) is 3.79. The van der Waals surface area contributed by atoms with Crippen LogP contribution in [0.4, 0.5) is 5.69 Å². The highest BCUT2D eigenvalue weighted by molar-refractivity contribution is 6.34. The van der Waals surface area contributed by atoms with Crippen molar-refractivity contribution in [3.63, 3.8) is 0 Å². The number of primary amides is 1. The second kappa shape index (κ2) is 10.1. The third-order valence-corrected chi connectivity index (χ3v) is 6.05. The van der Waals surface area contributed by atoms with Crippen molar-refractivity contribution in [3.05, 3.63) is 82.5 Å². The summed E-state index contributed by atoms with van der Waals surface area (Å²) < 4.78 is 0. The van der Waals surface area contributed by atoms with Gasteiger partial charge in [-0.3, -0.25) is 19.5 Å². The second-order valence-electron chi connectivity index (χ2n) is 8.16. The van der Waals surface area contributed by atoms with Gasteiger partial charge in [0.1, 0.15) is 0 Å². The highest BCUT2D eigenvalue weighted by atomic mass is 35.5. The van der Waals surface area contributed by atoms with E-state index >= 15 is 0 Å². The minimum Gasteiger partial charge on any atom is -0.366 e. The van der Waals surface area contributed by atoms with E-state index in [4.69, 9.17) is 22.3 Å². The molecule has 0 radical (unpaired) electrons. The zero-order valence-electron chi connectivity index (χ0n) is 18.4. The molecule has 1 fully saturated rings. The van der Waals surface area contributed by atoms with Crippen LogP contribution >= 0.6 is 11.6 Å². The van der Waals surface area contributed by atoms with Crippen molar-refractivity contribution < 1.29 is 9.59 Å². The Labute approximate surface area is 198 Å². The maximum absolute atomic E-state index is 12.6. The van der Waals surface area contributed by atoms with Gasteiger partial charge in [-0.05, 0) is 43.4 Å². The van der Waals surface area contributed by atoms with Crippen molar-refractivity contribution in [1.29, 1.82) is 0 Å². The summed E-state index contributed by atoms with van der Waals surface area (Å²) in [6.45, 7) is 4.62. The first-order chi connectivity index (χ1) is 15.9. The van der Waals surface area contributed by atoms with Gasteiger partial charge in [0.15, 0.2) is 0 Å². The number of amides is 2. The average molecular weight is 464 g/mol. The number of benzene rings is 2. The van der Waals surface area contributed by atoms with Gasteiger partial charge in [0.25, 0.3) is 11.8 Å². The normalized spacial score (nSPS) is 14.7. The molecule has 0 unspecified atom stereocenters. The summed E-state index contributed by atoms with van der Waals surface area (Å²) in [5.41, 5.74) is 8.88. The Bertz CT molecular complexity index is 1160. The number of likely N-dealkylation sites (N-methyl/N-ethyl adjacent to an activating group) is 1. The lowest BCUT2D eigenvalue weighted by Crippen LogP contribution is -2.44. The fraction of sp³-hybridized carbons (Fsp3) is 0.240. The molecule has 0 bridgehead atoms. The maximum Gasteiger partial charge on any atom is 0.255 e. The molecule has 2 heterocycles. The Morgan fingerprint density at radius 1 is 1.03 bits per heavy atom. The first kappa shape index (κ1) is 22.9. The van der Waals surface area contributed by atoms with E-state index in [1.807, 2.05) is 12.1 Å². The molecule has 1 aromatic heterocycles. The summed E-state index contributed by atoms with van der Waals surface area (Å²) in [5.74, 6) is -0.838. The molecule has 0 saturated carbocycles. The molecule has 8 heteroatoms. The predicted octanol–water partition coefficient (Wildman–Crippen LogP) is 3.50. The average Bonchev–Trinajstić information content (AvgIpc) is 2.82. The lowest BCUT2D eigenvalue weighted by Gasteiger charge is -2.32. The Hall–Kier alpha value is -3.26. The Balaban J connectivity index is 1.63. The molecule has 2 aromatic carbocycles. The van der Waals surface area contributed by atoms with E-state index < -0.39 is 5.91 Å². The van der Waals surface area contributed by atoms with Crippen molar-refractivity contribution in [1.82, 2.24) is 14.8 Å². The van der Waals surface area contributed by atoms with Gasteiger partial charge < -0.3 is 16.0 Å². The zero-order chi connectivity index (χ0) is 23.4. The Morgan fingerprint density at radius 2 is 1.76 bits per heavy atom. The molecule has 33 heavy (non-hydrogen) atoms. The van der Waals surface area contributed by atoms with Crippen LogP contribution < -0.4 is 11.1 Å². The smallest absolute Gasteiger partial charge is 0.255 e. The maximum atomic E-state index is 12.6. The van der Waals surface area contributed by atoms with E-state index in [-0.39, 0.29) is 5.91 Å². The Kier molecular flexibility index (Phi) is 7.03. The summed E-state index contributed by atoms with van der Waals surface area (Å²) in [5, 5.41) is 3.23. The van der Waals surface area contributed by atoms with Gasteiger partial charge in [-0.2, -0.15) is 0 Å². The molecule has 0 spiro atoms. The third-order valence-electron chi connectivity index (χ3n) is 5.72. The van der Waals surface area contributed by atoms with Crippen molar-refractivity contribution in [2.24, 2.45) is 5.73 Å². The molecule has 3 N–H and O–H groups in total. The highest BCUT2D eigenvalue weighted by Crippen LogP contribution is 2.30. The van der Waals surface area contributed by atoms with Crippen LogP contribution in [0.3, 0.4) is 0 Å². The molecule has 7 nitrogen and oxygen atoms in total. The minimum atomic E-state index is -0.562. The molecule has 0 atom stereocenters. The number of aromatic nitrogens is 1. The second-order valence-corrected chi connectivity index (χ2v) is 8.56. The molecule has 1 aliphatic rings. The van der Waals surface area contributed by atoms with E-state index in [0.29, 0.717) is 39.6 Å². The van der Waals surface area contributed by atoms with Crippen molar-refractivity contribution in [3.8, 4) is 11.3 Å². The number of nitrogens with one attached hydrogen (secondary N) is 1. The van der Waals surface area contributed by atoms with Gasteiger partial charge in [0.2, 0.25) is 0 Å². The molecule has 2 amide bonds. The van der Waals surface area contributed by atoms with E-state index in [2.05, 4.69) is 22.2 Å². The van der Waals surface area contributed by atoms with Crippen LogP contribution in [-0.2, 0) is 6.54 Å². The number of piperazine rings is 1. The van der Waals surface area contributed by atoms with Crippen molar-refractivity contribution in [2.45, 2.75) is 6.54 Å². The molecular formula is C25H26ClN5O2. The van der Waals surface area contributed by atoms with Crippen LogP contribution in [0.25, 0.3) is 11.3 Å². The Morgan fingerprint density at radius 3 is 2.45 bits per heavy atom. The van der Waals surface area contributed by atoms with Gasteiger partial charge in [0, 0.05) is 43.9 Å². The van der Waals surface area contributed by atoms with Crippen LogP contribution in [0.2, 0.25) is 5.02 Å². The standard InChI is InChI=1S/C25H26ClN5O2/c1-30-11-13-31(14-12-30)16-19-8-9-20(24(27)32)23(28-19)18-7-10-21(26)22(15-18)29-25(33)17-5-3-2-4-6-17/h2-10,15H,11-14,16H2,1H3,(H2,27,32)(H,29,33). The number of rotatable bonds is 6. The number of nitrogens with two attached hydrogens (primary N) is 1. The van der Waals surface area contributed by atoms with Crippen molar-refractivity contribution >= 4 is 29.1 Å². The van der Waals surface area contributed by atoms with Crippen LogP contribution in [0.1, 0.15) is 26.4 Å². The van der Waals surface area contributed by atoms with Gasteiger partial charge in [-0.1, -0.05) is 35.9 Å². The van der Waals surface area contributed by atoms with Crippen LogP contribution in [0, 0.1) is 0 Å². The molecule has 4 rings (SSSR count). The van der Waals surface area contributed by atoms with E-state index in [1.54, 1.807) is 48.5 Å². The summed E-state index contributed by atoms with van der Waals surface area (Å²) >= 11 is 6.35. The number of anilines is 1. The summed E-state index contributed by atoms with van der Waals surface area (Å²) in [6, 6.07) is 17.6. The number of hydrogen-bond acceptors (Lipinski definition) is 5. The number of hydrogen-bond donors (Lipinski definition) is 2. The quantitative estimate of drug-likeness (QED) is 0.583. The summed E-state index contributed by atoms with van der Waals surface area (Å²) in [6.07, 6.45) is 0. The summed E-state index contributed by atoms with van der Waals surface area (Å²) in [7, 11) is 2.12. The largest absolute Gasteiger partial charge is 0.366 e. The monoisotopic (exact) mass is 463 g/mol. The zero-order valence-corrected chi connectivity index (χ0v) is 19.2. The minimum absolute atomic E-state index is 0.276. The first-order valence-electron chi connectivity index (χ1n) is 10.8. The highest BCUT2D eigenvalue weighted by Gasteiger charge is 2.18. The molecule has 170 valence electrons. The SMILES string of the molecule is CN1CCN(Cc2ccc(C(N)=O)c(-c3ccc(Cl)c(NC(=O)c4ccccc4)c3)n2)CC1. The number of carbonyl (C=O) groups is 2. The molecule has 0 aliphatic carbocycles. The molecule has 1 aliphatic heterocycles. The van der Waals surface area contributed by atoms with Crippen LogP contribution in [-0.4, -0.2) is 59.8 Å². The van der Waals surface area contributed by atoms with E-state index in [0.717, 1.165) is 31.9 Å².